The molecule has 0 aromatic carbocycles. The molecule has 1 aromatic rings. The molecular weight excluding hydrogens is 178 g/mol. The topological polar surface area (TPSA) is 38.2 Å². The highest BCUT2D eigenvalue weighted by Crippen LogP contribution is 2.29. The zero-order valence-electron chi connectivity index (χ0n) is 8.18. The fourth-order valence-corrected chi connectivity index (χ4v) is 2.07. The summed E-state index contributed by atoms with van der Waals surface area (Å²) in [6, 6.07) is 0. The molecule has 74 valence electrons. The van der Waals surface area contributed by atoms with E-state index in [-0.39, 0.29) is 0 Å². The molecule has 4 rings (SSSR count). The summed E-state index contributed by atoms with van der Waals surface area (Å²) in [5.74, 6) is 0.841. The average Bonchev–Trinajstić information content (AvgIpc) is 2.18. The molecule has 0 radical (unpaired) electrons. The number of piperidine rings is 1. The largest absolute Gasteiger partial charge is 0.371 e. The molecule has 0 amide bonds. The van der Waals surface area contributed by atoms with E-state index in [0.717, 1.165) is 24.6 Å². The highest BCUT2D eigenvalue weighted by Gasteiger charge is 2.39. The van der Waals surface area contributed by atoms with E-state index in [4.69, 9.17) is 4.74 Å². The molecule has 2 atom stereocenters. The lowest BCUT2D eigenvalue weighted by atomic mass is 9.99. The van der Waals surface area contributed by atoms with Crippen molar-refractivity contribution in [3.63, 3.8) is 0 Å². The maximum atomic E-state index is 5.55. The monoisotopic (exact) mass is 191 g/mol. The summed E-state index contributed by atoms with van der Waals surface area (Å²) < 4.78 is 5.55. The van der Waals surface area contributed by atoms with E-state index in [0.29, 0.717) is 12.2 Å². The van der Waals surface area contributed by atoms with Crippen LogP contribution in [0.3, 0.4) is 0 Å². The Hall–Kier alpha value is -1.16. The van der Waals surface area contributed by atoms with E-state index in [9.17, 15) is 0 Å². The molecule has 0 N–H and O–H groups in total. The van der Waals surface area contributed by atoms with Crippen LogP contribution in [0.25, 0.3) is 0 Å². The number of rotatable bonds is 1. The van der Waals surface area contributed by atoms with Gasteiger partial charge in [-0.05, 0) is 12.5 Å². The number of ether oxygens (including phenoxy) is 1. The van der Waals surface area contributed by atoms with Gasteiger partial charge in [-0.25, -0.2) is 9.97 Å². The molecule has 4 heteroatoms. The summed E-state index contributed by atoms with van der Waals surface area (Å²) in [7, 11) is 0. The molecule has 2 unspecified atom stereocenters. The minimum absolute atomic E-state index is 0.415. The maximum absolute atomic E-state index is 5.55. The molecule has 0 aliphatic carbocycles. The minimum atomic E-state index is 0.415. The number of aryl methyl sites for hydroxylation is 1. The highest BCUT2D eigenvalue weighted by molar-refractivity contribution is 5.32. The van der Waals surface area contributed by atoms with Gasteiger partial charge in [0.15, 0.2) is 0 Å². The highest BCUT2D eigenvalue weighted by atomic mass is 16.5. The zero-order chi connectivity index (χ0) is 9.54. The van der Waals surface area contributed by atoms with Gasteiger partial charge in [0.1, 0.15) is 0 Å². The van der Waals surface area contributed by atoms with Gasteiger partial charge < -0.3 is 9.64 Å². The molecule has 3 aliphatic rings. The predicted molar refractivity (Wildman–Crippen MR) is 52.3 cm³/mol. The van der Waals surface area contributed by atoms with E-state index in [2.05, 4.69) is 14.9 Å². The first-order valence-corrected chi connectivity index (χ1v) is 5.00. The maximum Gasteiger partial charge on any atom is 0.225 e. The van der Waals surface area contributed by atoms with Crippen LogP contribution in [-0.2, 0) is 4.74 Å². The van der Waals surface area contributed by atoms with E-state index in [1.54, 1.807) is 0 Å². The van der Waals surface area contributed by atoms with Crippen LogP contribution < -0.4 is 4.90 Å². The van der Waals surface area contributed by atoms with Crippen molar-refractivity contribution in [1.82, 2.24) is 9.97 Å². The molecule has 3 fully saturated rings. The summed E-state index contributed by atoms with van der Waals surface area (Å²) in [6.07, 6.45) is 5.77. The van der Waals surface area contributed by atoms with Crippen molar-refractivity contribution in [2.45, 2.75) is 25.6 Å². The SMILES string of the molecule is Cc1cnc(N2CC3CC(C2)O3)nc1. The van der Waals surface area contributed by atoms with Crippen LogP contribution in [0.15, 0.2) is 12.4 Å². The number of hydrogen-bond acceptors (Lipinski definition) is 4. The first kappa shape index (κ1) is 8.17. The third-order valence-electron chi connectivity index (χ3n) is 2.81. The Bertz CT molecular complexity index is 322. The van der Waals surface area contributed by atoms with E-state index >= 15 is 0 Å². The number of hydrogen-bond donors (Lipinski definition) is 0. The Morgan fingerprint density at radius 3 is 2.43 bits per heavy atom. The molecule has 3 saturated heterocycles. The van der Waals surface area contributed by atoms with Crippen molar-refractivity contribution in [2.75, 3.05) is 18.0 Å². The fourth-order valence-electron chi connectivity index (χ4n) is 2.07. The number of morpholine rings is 1. The first-order chi connectivity index (χ1) is 6.81. The normalized spacial score (nSPS) is 29.9. The lowest BCUT2D eigenvalue weighted by molar-refractivity contribution is -0.133. The van der Waals surface area contributed by atoms with Crippen LogP contribution >= 0.6 is 0 Å². The van der Waals surface area contributed by atoms with Crippen LogP contribution in [0.4, 0.5) is 5.95 Å². The summed E-state index contributed by atoms with van der Waals surface area (Å²) in [5.41, 5.74) is 1.10. The van der Waals surface area contributed by atoms with Crippen molar-refractivity contribution in [3.05, 3.63) is 18.0 Å². The number of aromatic nitrogens is 2. The fraction of sp³-hybridized carbons (Fsp3) is 0.600. The standard InChI is InChI=1S/C10H13N3O/c1-7-3-11-10(12-4-7)13-5-8-2-9(6-13)14-8/h3-4,8-9H,2,5-6H2,1H3. The molecule has 3 aliphatic heterocycles. The summed E-state index contributed by atoms with van der Waals surface area (Å²) in [5, 5.41) is 0. The average molecular weight is 191 g/mol. The predicted octanol–water partition coefficient (Wildman–Crippen LogP) is 0.763. The van der Waals surface area contributed by atoms with E-state index < -0.39 is 0 Å². The Morgan fingerprint density at radius 1 is 1.29 bits per heavy atom. The van der Waals surface area contributed by atoms with Gasteiger partial charge in [-0.2, -0.15) is 0 Å². The molecule has 1 aromatic heterocycles. The Balaban J connectivity index is 1.79. The molecule has 4 heterocycles. The molecule has 14 heavy (non-hydrogen) atoms. The smallest absolute Gasteiger partial charge is 0.225 e. The van der Waals surface area contributed by atoms with Gasteiger partial charge in [-0.3, -0.25) is 0 Å². The van der Waals surface area contributed by atoms with Crippen molar-refractivity contribution in [2.24, 2.45) is 0 Å². The second-order valence-electron chi connectivity index (χ2n) is 4.08. The molecule has 2 bridgehead atoms. The van der Waals surface area contributed by atoms with Crippen molar-refractivity contribution < 1.29 is 4.74 Å². The van der Waals surface area contributed by atoms with Crippen molar-refractivity contribution in [1.29, 1.82) is 0 Å². The quantitative estimate of drug-likeness (QED) is 0.657. The number of anilines is 1. The third-order valence-corrected chi connectivity index (χ3v) is 2.81. The molecule has 0 spiro atoms. The Kier molecular flexibility index (Phi) is 1.70. The molecule has 0 saturated carbocycles. The van der Waals surface area contributed by atoms with Gasteiger partial charge in [-0.15, -0.1) is 0 Å². The van der Waals surface area contributed by atoms with Gasteiger partial charge in [0, 0.05) is 31.9 Å². The second kappa shape index (κ2) is 2.92. The summed E-state index contributed by atoms with van der Waals surface area (Å²) in [4.78, 5) is 10.8. The van der Waals surface area contributed by atoms with Gasteiger partial charge >= 0.3 is 0 Å². The Morgan fingerprint density at radius 2 is 1.86 bits per heavy atom. The summed E-state index contributed by atoms with van der Waals surface area (Å²) in [6.45, 7) is 3.89. The van der Waals surface area contributed by atoms with Crippen molar-refractivity contribution in [3.8, 4) is 0 Å². The molecule has 4 nitrogen and oxygen atoms in total. The lowest BCUT2D eigenvalue weighted by Gasteiger charge is -2.46. The van der Waals surface area contributed by atoms with Gasteiger partial charge in [0.2, 0.25) is 5.95 Å². The van der Waals surface area contributed by atoms with Crippen LogP contribution in [0.2, 0.25) is 0 Å². The number of nitrogens with zero attached hydrogens (tertiary/aromatic N) is 3. The van der Waals surface area contributed by atoms with Crippen LogP contribution in [0, 0.1) is 6.92 Å². The van der Waals surface area contributed by atoms with Crippen molar-refractivity contribution >= 4 is 5.95 Å². The third kappa shape index (κ3) is 1.26. The first-order valence-electron chi connectivity index (χ1n) is 5.00. The zero-order valence-corrected chi connectivity index (χ0v) is 8.18. The number of fused-ring (bicyclic) bond motifs is 2. The van der Waals surface area contributed by atoms with Crippen LogP contribution in [0.1, 0.15) is 12.0 Å². The second-order valence-corrected chi connectivity index (χ2v) is 4.08. The molecular formula is C10H13N3O. The Labute approximate surface area is 82.9 Å². The van der Waals surface area contributed by atoms with Gasteiger partial charge in [0.25, 0.3) is 0 Å². The van der Waals surface area contributed by atoms with Crippen LogP contribution in [0.5, 0.6) is 0 Å². The van der Waals surface area contributed by atoms with Crippen LogP contribution in [-0.4, -0.2) is 35.3 Å². The minimum Gasteiger partial charge on any atom is -0.371 e. The van der Waals surface area contributed by atoms with E-state index in [1.807, 2.05) is 19.3 Å². The van der Waals surface area contributed by atoms with E-state index in [1.165, 1.54) is 6.42 Å². The summed E-state index contributed by atoms with van der Waals surface area (Å²) >= 11 is 0. The lowest BCUT2D eigenvalue weighted by Crippen LogP contribution is -2.57. The van der Waals surface area contributed by atoms with Gasteiger partial charge in [-0.1, -0.05) is 0 Å². The van der Waals surface area contributed by atoms with Gasteiger partial charge in [0.05, 0.1) is 12.2 Å².